The highest BCUT2D eigenvalue weighted by Gasteiger charge is 2.18. The van der Waals surface area contributed by atoms with Gasteiger partial charge >= 0.3 is 5.97 Å². The summed E-state index contributed by atoms with van der Waals surface area (Å²) in [6.07, 6.45) is 0.990. The summed E-state index contributed by atoms with van der Waals surface area (Å²) >= 11 is 5.92. The Morgan fingerprint density at radius 2 is 1.61 bits per heavy atom. The molecule has 0 aliphatic rings. The van der Waals surface area contributed by atoms with Crippen molar-refractivity contribution in [3.05, 3.63) is 57.6 Å². The van der Waals surface area contributed by atoms with Gasteiger partial charge in [-0.15, -0.1) is 0 Å². The van der Waals surface area contributed by atoms with Crippen LogP contribution in [0.25, 0.3) is 0 Å². The monoisotopic (exact) mass is 466 g/mol. The van der Waals surface area contributed by atoms with Crippen LogP contribution in [0, 0.1) is 20.8 Å². The number of anilines is 1. The fourth-order valence-electron chi connectivity index (χ4n) is 2.89. The van der Waals surface area contributed by atoms with Crippen LogP contribution in [-0.4, -0.2) is 45.6 Å². The molecule has 2 amide bonds. The number of esters is 1. The van der Waals surface area contributed by atoms with E-state index in [0.29, 0.717) is 5.69 Å². The minimum atomic E-state index is -3.55. The quantitative estimate of drug-likeness (QED) is 0.605. The van der Waals surface area contributed by atoms with Crippen molar-refractivity contribution in [1.29, 1.82) is 0 Å². The minimum Gasteiger partial charge on any atom is -0.452 e. The Labute approximate surface area is 185 Å². The van der Waals surface area contributed by atoms with Gasteiger partial charge in [0.25, 0.3) is 5.91 Å². The third-order valence-corrected chi connectivity index (χ3v) is 5.75. The molecule has 10 heteroatoms. The first-order chi connectivity index (χ1) is 14.4. The van der Waals surface area contributed by atoms with Gasteiger partial charge in [0.1, 0.15) is 0 Å². The molecule has 2 aromatic carbocycles. The molecule has 0 atom stereocenters. The molecule has 0 unspecified atom stereocenters. The number of aryl methyl sites for hydroxylation is 3. The molecule has 0 bridgehead atoms. The number of halogens is 1. The van der Waals surface area contributed by atoms with Crippen LogP contribution in [0.4, 0.5) is 5.69 Å². The van der Waals surface area contributed by atoms with E-state index in [-0.39, 0.29) is 22.0 Å². The third-order valence-electron chi connectivity index (χ3n) is 4.31. The zero-order chi connectivity index (χ0) is 23.3. The first kappa shape index (κ1) is 24.4. The maximum Gasteiger partial charge on any atom is 0.340 e. The van der Waals surface area contributed by atoms with E-state index in [1.807, 2.05) is 32.9 Å². The Morgan fingerprint density at radius 3 is 2.19 bits per heavy atom. The Balaban J connectivity index is 1.90. The topological polar surface area (TPSA) is 119 Å². The van der Waals surface area contributed by atoms with Crippen molar-refractivity contribution < 1.29 is 27.5 Å². The summed E-state index contributed by atoms with van der Waals surface area (Å²) in [5, 5.41) is 5.08. The Bertz CT molecular complexity index is 1120. The SMILES string of the molecule is Cc1cc(C)c(NC(=O)CNC(=O)COC(=O)c2cc(S(C)(=O)=O)ccc2Cl)c(C)c1. The van der Waals surface area contributed by atoms with Crippen LogP contribution in [0.5, 0.6) is 0 Å². The number of carbonyl (C=O) groups is 3. The van der Waals surface area contributed by atoms with Crippen LogP contribution >= 0.6 is 11.6 Å². The molecule has 0 saturated heterocycles. The number of amides is 2. The van der Waals surface area contributed by atoms with Crippen LogP contribution in [0.2, 0.25) is 5.02 Å². The second kappa shape index (κ2) is 9.93. The van der Waals surface area contributed by atoms with Gasteiger partial charge in [0, 0.05) is 11.9 Å². The minimum absolute atomic E-state index is 0.0129. The van der Waals surface area contributed by atoms with Crippen molar-refractivity contribution in [2.24, 2.45) is 0 Å². The molecule has 8 nitrogen and oxygen atoms in total. The van der Waals surface area contributed by atoms with E-state index in [0.717, 1.165) is 29.0 Å². The maximum atomic E-state index is 12.2. The van der Waals surface area contributed by atoms with Crippen molar-refractivity contribution in [2.45, 2.75) is 25.7 Å². The lowest BCUT2D eigenvalue weighted by Gasteiger charge is -2.13. The lowest BCUT2D eigenvalue weighted by atomic mass is 10.1. The number of benzene rings is 2. The molecule has 0 saturated carbocycles. The van der Waals surface area contributed by atoms with E-state index in [9.17, 15) is 22.8 Å². The van der Waals surface area contributed by atoms with Gasteiger partial charge < -0.3 is 15.4 Å². The molecule has 2 rings (SSSR count). The van der Waals surface area contributed by atoms with Crippen LogP contribution < -0.4 is 10.6 Å². The van der Waals surface area contributed by atoms with Crippen molar-refractivity contribution in [3.63, 3.8) is 0 Å². The summed E-state index contributed by atoms with van der Waals surface area (Å²) in [4.78, 5) is 36.1. The number of hydrogen-bond acceptors (Lipinski definition) is 6. The number of rotatable bonds is 7. The summed E-state index contributed by atoms with van der Waals surface area (Å²) in [6, 6.07) is 7.47. The van der Waals surface area contributed by atoms with Gasteiger partial charge in [-0.25, -0.2) is 13.2 Å². The smallest absolute Gasteiger partial charge is 0.340 e. The summed E-state index contributed by atoms with van der Waals surface area (Å²) in [5.41, 5.74) is 3.38. The van der Waals surface area contributed by atoms with Crippen molar-refractivity contribution in [2.75, 3.05) is 24.7 Å². The van der Waals surface area contributed by atoms with Gasteiger partial charge in [0.15, 0.2) is 16.4 Å². The molecule has 0 radical (unpaired) electrons. The lowest BCUT2D eigenvalue weighted by molar-refractivity contribution is -0.126. The first-order valence-corrected chi connectivity index (χ1v) is 11.5. The molecule has 0 aromatic heterocycles. The Kier molecular flexibility index (Phi) is 7.80. The van der Waals surface area contributed by atoms with Gasteiger partial charge in [0.2, 0.25) is 5.91 Å². The lowest BCUT2D eigenvalue weighted by Crippen LogP contribution is -2.35. The Hall–Kier alpha value is -2.91. The standard InChI is InChI=1S/C21H23ClN2O6S/c1-12-7-13(2)20(14(3)8-12)24-18(25)10-23-19(26)11-30-21(27)16-9-15(31(4,28)29)5-6-17(16)22/h5-9H,10-11H2,1-4H3,(H,23,26)(H,24,25). The third kappa shape index (κ3) is 6.80. The molecule has 166 valence electrons. The number of nitrogens with one attached hydrogen (secondary N) is 2. The van der Waals surface area contributed by atoms with Gasteiger partial charge in [-0.2, -0.15) is 0 Å². The molecule has 0 heterocycles. The van der Waals surface area contributed by atoms with Crippen LogP contribution in [0.3, 0.4) is 0 Å². The van der Waals surface area contributed by atoms with Gasteiger partial charge in [-0.3, -0.25) is 9.59 Å². The highest BCUT2D eigenvalue weighted by Crippen LogP contribution is 2.22. The molecule has 0 aliphatic heterocycles. The molecule has 31 heavy (non-hydrogen) atoms. The molecule has 2 N–H and O–H groups in total. The van der Waals surface area contributed by atoms with E-state index in [4.69, 9.17) is 16.3 Å². The zero-order valence-electron chi connectivity index (χ0n) is 17.5. The van der Waals surface area contributed by atoms with E-state index < -0.39 is 34.2 Å². The fraction of sp³-hybridized carbons (Fsp3) is 0.286. The van der Waals surface area contributed by atoms with E-state index >= 15 is 0 Å². The summed E-state index contributed by atoms with van der Waals surface area (Å²) in [6.45, 7) is 4.73. The highest BCUT2D eigenvalue weighted by atomic mass is 35.5. The fourth-order valence-corrected chi connectivity index (χ4v) is 3.73. The van der Waals surface area contributed by atoms with Gasteiger partial charge in [-0.05, 0) is 50.1 Å². The second-order valence-corrected chi connectivity index (χ2v) is 9.51. The number of ether oxygens (including phenoxy) is 1. The van der Waals surface area contributed by atoms with Crippen molar-refractivity contribution in [1.82, 2.24) is 5.32 Å². The van der Waals surface area contributed by atoms with E-state index in [1.54, 1.807) is 0 Å². The van der Waals surface area contributed by atoms with Crippen molar-refractivity contribution in [3.8, 4) is 0 Å². The largest absolute Gasteiger partial charge is 0.452 e. The summed E-state index contributed by atoms with van der Waals surface area (Å²) < 4.78 is 28.1. The molecular weight excluding hydrogens is 444 g/mol. The predicted octanol–water partition coefficient (Wildman–Crippen LogP) is 2.58. The van der Waals surface area contributed by atoms with E-state index in [1.165, 1.54) is 12.1 Å². The number of hydrogen-bond donors (Lipinski definition) is 2. The number of sulfone groups is 1. The molecule has 0 aliphatic carbocycles. The highest BCUT2D eigenvalue weighted by molar-refractivity contribution is 7.90. The predicted molar refractivity (Wildman–Crippen MR) is 117 cm³/mol. The van der Waals surface area contributed by atoms with Crippen LogP contribution in [-0.2, 0) is 24.2 Å². The van der Waals surface area contributed by atoms with Gasteiger partial charge in [0.05, 0.1) is 22.0 Å². The normalized spacial score (nSPS) is 11.0. The zero-order valence-corrected chi connectivity index (χ0v) is 19.1. The second-order valence-electron chi connectivity index (χ2n) is 7.09. The van der Waals surface area contributed by atoms with E-state index in [2.05, 4.69) is 10.6 Å². The first-order valence-electron chi connectivity index (χ1n) is 9.19. The maximum absolute atomic E-state index is 12.2. The van der Waals surface area contributed by atoms with Crippen LogP contribution in [0.15, 0.2) is 35.2 Å². The van der Waals surface area contributed by atoms with Gasteiger partial charge in [-0.1, -0.05) is 29.3 Å². The summed E-state index contributed by atoms with van der Waals surface area (Å²) in [7, 11) is -3.55. The number of carbonyl (C=O) groups excluding carboxylic acids is 3. The molecule has 0 fully saturated rings. The van der Waals surface area contributed by atoms with Crippen LogP contribution in [0.1, 0.15) is 27.0 Å². The average molecular weight is 467 g/mol. The molecular formula is C21H23ClN2O6S. The summed E-state index contributed by atoms with van der Waals surface area (Å²) in [5.74, 6) is -2.09. The average Bonchev–Trinajstić information content (AvgIpc) is 2.66. The molecule has 2 aromatic rings. The Morgan fingerprint density at radius 1 is 1.00 bits per heavy atom. The van der Waals surface area contributed by atoms with Crippen molar-refractivity contribution >= 4 is 44.9 Å². The molecule has 0 spiro atoms.